The summed E-state index contributed by atoms with van der Waals surface area (Å²) in [6.45, 7) is 7.23. The number of rotatable bonds is 2. The molecule has 1 aliphatic heterocycles. The van der Waals surface area contributed by atoms with Crippen LogP contribution in [0.5, 0.6) is 11.5 Å². The molecule has 6 rings (SSSR count). The van der Waals surface area contributed by atoms with Crippen molar-refractivity contribution in [1.82, 2.24) is 0 Å². The van der Waals surface area contributed by atoms with Crippen LogP contribution in [0, 0.1) is 17.3 Å². The maximum absolute atomic E-state index is 12.3. The van der Waals surface area contributed by atoms with Crippen LogP contribution in [0.1, 0.15) is 56.7 Å². The number of para-hydroxylation sites is 1. The van der Waals surface area contributed by atoms with Crippen molar-refractivity contribution in [2.45, 2.75) is 45.4 Å². The summed E-state index contributed by atoms with van der Waals surface area (Å²) in [5, 5.41) is 0. The number of ether oxygens (including phenoxy) is 1. The quantitative estimate of drug-likeness (QED) is 0.752. The summed E-state index contributed by atoms with van der Waals surface area (Å²) in [7, 11) is 0. The number of benzene rings is 2. The van der Waals surface area contributed by atoms with Gasteiger partial charge in [0.25, 0.3) is 0 Å². The van der Waals surface area contributed by atoms with Crippen LogP contribution in [-0.4, -0.2) is 5.91 Å². The molecule has 0 saturated heterocycles. The Morgan fingerprint density at radius 3 is 2.54 bits per heavy atom. The number of amides is 1. The average Bonchev–Trinajstić information content (AvgIpc) is 2.84. The molecule has 2 bridgehead atoms. The zero-order valence-corrected chi connectivity index (χ0v) is 16.8. The fourth-order valence-electron chi connectivity index (χ4n) is 6.35. The number of carbonyl (C=O) groups is 1. The number of hydrogen-bond donors (Lipinski definition) is 1. The highest BCUT2D eigenvalue weighted by atomic mass is 16.5. The smallest absolute Gasteiger partial charge is 0.249 e. The van der Waals surface area contributed by atoms with E-state index in [0.717, 1.165) is 22.8 Å². The second-order valence-electron chi connectivity index (χ2n) is 9.31. The maximum atomic E-state index is 12.3. The topological polar surface area (TPSA) is 52.3 Å². The standard InChI is InChI=1S/C25H27NO2/c1-15-11-12-16-14-25(15,24(16,2)3)20-8-6-10-22-19(20)13-18(23(26)27)17-7-4-5-9-21(17)28-22/h4-10,13,15-16H,11-12,14H2,1-3H3,(H2,26,27). The van der Waals surface area contributed by atoms with Gasteiger partial charge in [0.05, 0.1) is 5.57 Å². The Bertz CT molecular complexity index is 1020. The molecule has 1 amide bonds. The molecular formula is C25H27NO2. The van der Waals surface area contributed by atoms with Crippen LogP contribution in [0.3, 0.4) is 0 Å². The molecule has 2 N–H and O–H groups in total. The van der Waals surface area contributed by atoms with Crippen molar-refractivity contribution in [2.75, 3.05) is 0 Å². The Hall–Kier alpha value is -2.55. The van der Waals surface area contributed by atoms with Gasteiger partial charge in [0.2, 0.25) is 5.91 Å². The van der Waals surface area contributed by atoms with Crippen molar-refractivity contribution in [2.24, 2.45) is 23.0 Å². The highest BCUT2D eigenvalue weighted by Gasteiger charge is 2.65. The summed E-state index contributed by atoms with van der Waals surface area (Å²) < 4.78 is 6.32. The van der Waals surface area contributed by atoms with E-state index in [9.17, 15) is 4.79 Å². The lowest BCUT2D eigenvalue weighted by atomic mass is 9.35. The Morgan fingerprint density at radius 2 is 1.82 bits per heavy atom. The van der Waals surface area contributed by atoms with Crippen molar-refractivity contribution >= 4 is 17.6 Å². The summed E-state index contributed by atoms with van der Waals surface area (Å²) in [5.74, 6) is 2.44. The first-order valence-electron chi connectivity index (χ1n) is 10.3. The van der Waals surface area contributed by atoms with Crippen molar-refractivity contribution in [3.8, 4) is 11.5 Å². The Balaban J connectivity index is 1.77. The largest absolute Gasteiger partial charge is 0.456 e. The van der Waals surface area contributed by atoms with Gasteiger partial charge < -0.3 is 10.5 Å². The second kappa shape index (κ2) is 5.73. The molecule has 0 radical (unpaired) electrons. The molecule has 1 heterocycles. The fourth-order valence-corrected chi connectivity index (χ4v) is 6.35. The SMILES string of the molecule is CC1CCC2CC1(c1cccc3c1C=C(C(N)=O)c1ccccc1O3)C2(C)C. The highest BCUT2D eigenvalue weighted by molar-refractivity contribution is 6.24. The van der Waals surface area contributed by atoms with E-state index >= 15 is 0 Å². The number of fused-ring (bicyclic) bond motifs is 4. The van der Waals surface area contributed by atoms with Crippen LogP contribution in [0.15, 0.2) is 42.5 Å². The minimum Gasteiger partial charge on any atom is -0.456 e. The molecule has 3 atom stereocenters. The van der Waals surface area contributed by atoms with Gasteiger partial charge in [-0.05, 0) is 60.3 Å². The molecule has 28 heavy (non-hydrogen) atoms. The molecule has 3 nitrogen and oxygen atoms in total. The highest BCUT2D eigenvalue weighted by Crippen LogP contribution is 2.71. The predicted molar refractivity (Wildman–Crippen MR) is 112 cm³/mol. The van der Waals surface area contributed by atoms with Crippen LogP contribution in [0.4, 0.5) is 0 Å². The van der Waals surface area contributed by atoms with Crippen LogP contribution in [0.25, 0.3) is 11.6 Å². The second-order valence-corrected chi connectivity index (χ2v) is 9.31. The van der Waals surface area contributed by atoms with Gasteiger partial charge in [-0.2, -0.15) is 0 Å². The lowest BCUT2D eigenvalue weighted by Crippen LogP contribution is -2.64. The van der Waals surface area contributed by atoms with Crippen LogP contribution in [-0.2, 0) is 10.2 Å². The number of primary amides is 1. The molecule has 3 fully saturated rings. The molecule has 144 valence electrons. The molecule has 3 unspecified atom stereocenters. The van der Waals surface area contributed by atoms with Gasteiger partial charge in [0, 0.05) is 16.5 Å². The number of hydrogen-bond acceptors (Lipinski definition) is 2. The van der Waals surface area contributed by atoms with Crippen molar-refractivity contribution < 1.29 is 9.53 Å². The summed E-state index contributed by atoms with van der Waals surface area (Å²) in [6, 6.07) is 14.0. The van der Waals surface area contributed by atoms with E-state index in [0.29, 0.717) is 17.2 Å². The van der Waals surface area contributed by atoms with E-state index in [2.05, 4.69) is 32.9 Å². The Kier molecular flexibility index (Phi) is 3.59. The van der Waals surface area contributed by atoms with Crippen molar-refractivity contribution in [1.29, 1.82) is 0 Å². The molecule has 3 heteroatoms. The summed E-state index contributed by atoms with van der Waals surface area (Å²) in [4.78, 5) is 12.3. The van der Waals surface area contributed by atoms with E-state index in [1.165, 1.54) is 24.8 Å². The first-order valence-corrected chi connectivity index (χ1v) is 10.3. The lowest BCUT2D eigenvalue weighted by Gasteiger charge is -2.69. The first-order chi connectivity index (χ1) is 13.4. The lowest BCUT2D eigenvalue weighted by molar-refractivity contribution is -0.133. The third kappa shape index (κ3) is 2.08. The molecule has 3 saturated carbocycles. The van der Waals surface area contributed by atoms with E-state index < -0.39 is 5.91 Å². The molecule has 4 aliphatic rings. The molecule has 2 aromatic carbocycles. The minimum absolute atomic E-state index is 0.112. The monoisotopic (exact) mass is 373 g/mol. The van der Waals surface area contributed by atoms with Crippen molar-refractivity contribution in [3.63, 3.8) is 0 Å². The van der Waals surface area contributed by atoms with Crippen LogP contribution in [0.2, 0.25) is 0 Å². The van der Waals surface area contributed by atoms with Gasteiger partial charge >= 0.3 is 0 Å². The van der Waals surface area contributed by atoms with Gasteiger partial charge in [-0.25, -0.2) is 0 Å². The number of nitrogens with two attached hydrogens (primary N) is 1. The van der Waals surface area contributed by atoms with Crippen LogP contribution >= 0.6 is 0 Å². The van der Waals surface area contributed by atoms with Gasteiger partial charge in [-0.15, -0.1) is 0 Å². The fraction of sp³-hybridized carbons (Fsp3) is 0.400. The van der Waals surface area contributed by atoms with Gasteiger partial charge in [0.1, 0.15) is 11.5 Å². The molecule has 0 aromatic heterocycles. The predicted octanol–water partition coefficient (Wildman–Crippen LogP) is 5.53. The maximum Gasteiger partial charge on any atom is 0.249 e. The molecule has 0 spiro atoms. The third-order valence-electron chi connectivity index (χ3n) is 8.03. The van der Waals surface area contributed by atoms with Crippen LogP contribution < -0.4 is 10.5 Å². The molecular weight excluding hydrogens is 346 g/mol. The number of carbonyl (C=O) groups excluding carboxylic acids is 1. The van der Waals surface area contributed by atoms with E-state index in [1.807, 2.05) is 36.4 Å². The zero-order chi connectivity index (χ0) is 19.7. The van der Waals surface area contributed by atoms with Gasteiger partial charge in [0.15, 0.2) is 0 Å². The van der Waals surface area contributed by atoms with Crippen molar-refractivity contribution in [3.05, 3.63) is 59.2 Å². The summed E-state index contributed by atoms with van der Waals surface area (Å²) in [6.07, 6.45) is 5.75. The van der Waals surface area contributed by atoms with Gasteiger partial charge in [-0.1, -0.05) is 51.1 Å². The first kappa shape index (κ1) is 17.5. The summed E-state index contributed by atoms with van der Waals surface area (Å²) in [5.41, 5.74) is 9.76. The van der Waals surface area contributed by atoms with E-state index in [-0.39, 0.29) is 10.8 Å². The normalized spacial score (nSPS) is 29.3. The molecule has 2 aromatic rings. The third-order valence-corrected chi connectivity index (χ3v) is 8.03. The van der Waals surface area contributed by atoms with E-state index in [4.69, 9.17) is 10.5 Å². The Morgan fingerprint density at radius 1 is 1.07 bits per heavy atom. The van der Waals surface area contributed by atoms with Gasteiger partial charge in [-0.3, -0.25) is 4.79 Å². The molecule has 3 aliphatic carbocycles. The zero-order valence-electron chi connectivity index (χ0n) is 16.8. The minimum atomic E-state index is -0.418. The van der Waals surface area contributed by atoms with E-state index in [1.54, 1.807) is 0 Å². The Labute approximate surface area is 166 Å². The summed E-state index contributed by atoms with van der Waals surface area (Å²) >= 11 is 0. The average molecular weight is 373 g/mol.